The van der Waals surface area contributed by atoms with Gasteiger partial charge in [-0.05, 0) is 81.8 Å². The van der Waals surface area contributed by atoms with Crippen LogP contribution in [0.1, 0.15) is 91.9 Å². The summed E-state index contributed by atoms with van der Waals surface area (Å²) in [6.07, 6.45) is 9.94. The van der Waals surface area contributed by atoms with Gasteiger partial charge in [0.05, 0.1) is 0 Å². The maximum atomic E-state index is 11.7. The Morgan fingerprint density at radius 3 is 1.24 bits per heavy atom. The van der Waals surface area contributed by atoms with Gasteiger partial charge in [-0.15, -0.1) is 0 Å². The Morgan fingerprint density at radius 1 is 0.567 bits per heavy atom. The lowest BCUT2D eigenvalue weighted by molar-refractivity contribution is -0.191. The molecule has 1 fully saturated rings. The van der Waals surface area contributed by atoms with E-state index in [9.17, 15) is 57.5 Å². The van der Waals surface area contributed by atoms with Gasteiger partial charge in [0, 0.05) is 88.5 Å². The summed E-state index contributed by atoms with van der Waals surface area (Å²) in [6, 6.07) is 0. The van der Waals surface area contributed by atoms with E-state index in [-0.39, 0.29) is 61.2 Å². The van der Waals surface area contributed by atoms with Crippen molar-refractivity contribution in [2.75, 3.05) is 31.9 Å². The zero-order valence-electron chi connectivity index (χ0n) is 37.6. The van der Waals surface area contributed by atoms with Gasteiger partial charge in [-0.25, -0.2) is 19.2 Å². The van der Waals surface area contributed by atoms with Gasteiger partial charge in [0.25, 0.3) is 35.4 Å². The maximum absolute atomic E-state index is 11.7. The number of carbonyl (C=O) groups is 12. The molecule has 4 atom stereocenters. The van der Waals surface area contributed by atoms with Crippen LogP contribution in [0.15, 0.2) is 24.3 Å². The molecular formula is C39H54Cl3N3O19S3. The summed E-state index contributed by atoms with van der Waals surface area (Å²) < 4.78 is 27.9. The minimum atomic E-state index is -1.34. The van der Waals surface area contributed by atoms with Gasteiger partial charge in [-0.1, -0.05) is 41.1 Å². The zero-order valence-corrected chi connectivity index (χ0v) is 42.4. The molecule has 3 aliphatic rings. The van der Waals surface area contributed by atoms with Crippen LogP contribution >= 0.6 is 71.0 Å². The molecule has 6 amide bonds. The number of thiol groups is 1. The van der Waals surface area contributed by atoms with E-state index in [2.05, 4.69) is 31.7 Å². The summed E-state index contributed by atoms with van der Waals surface area (Å²) in [5.41, 5.74) is -2.03. The van der Waals surface area contributed by atoms with E-state index in [1.807, 2.05) is 0 Å². The van der Waals surface area contributed by atoms with Crippen LogP contribution < -0.4 is 0 Å². The van der Waals surface area contributed by atoms with E-state index in [0.29, 0.717) is 50.1 Å². The van der Waals surface area contributed by atoms with E-state index in [0.717, 1.165) is 28.4 Å². The second kappa shape index (κ2) is 37.4. The maximum Gasteiger partial charge on any atom is 0.537 e. The molecule has 67 heavy (non-hydrogen) atoms. The number of hydrogen-bond donors (Lipinski definition) is 1. The number of halogens is 3. The number of thioether (sulfide) groups is 2. The number of carbonyl (C=O) groups excluding carboxylic acids is 12. The van der Waals surface area contributed by atoms with Crippen LogP contribution in [0, 0.1) is 0 Å². The van der Waals surface area contributed by atoms with Crippen LogP contribution in [-0.2, 0) is 71.6 Å². The number of hydroxylamine groups is 2. The second-order valence-corrected chi connectivity index (χ2v) is 15.7. The topological polar surface area (TPSA) is 279 Å². The van der Waals surface area contributed by atoms with E-state index in [4.69, 9.17) is 49.0 Å². The van der Waals surface area contributed by atoms with Crippen molar-refractivity contribution in [1.29, 1.82) is 0 Å². The van der Waals surface area contributed by atoms with E-state index in [1.54, 1.807) is 25.7 Å². The lowest BCUT2D eigenvalue weighted by atomic mass is 10.2. The van der Waals surface area contributed by atoms with E-state index >= 15 is 0 Å². The molecule has 0 radical (unpaired) electrons. The molecular weight excluding hydrogens is 1020 g/mol. The Labute approximate surface area is 416 Å². The highest BCUT2D eigenvalue weighted by molar-refractivity contribution is 8.12. The molecule has 0 aromatic rings. The summed E-state index contributed by atoms with van der Waals surface area (Å²) in [5, 5.41) is -0.524. The monoisotopic (exact) mass is 1070 g/mol. The van der Waals surface area contributed by atoms with Gasteiger partial charge in [0.1, 0.15) is 0 Å². The number of rotatable bonds is 19. The molecule has 4 unspecified atom stereocenters. The Kier molecular flexibility index (Phi) is 36.0. The number of imide groups is 3. The fraction of sp³-hybridized carbons (Fsp3) is 0.590. The molecule has 0 N–H and O–H groups in total. The molecule has 1 saturated heterocycles. The summed E-state index contributed by atoms with van der Waals surface area (Å²) in [6.45, 7) is 6.48. The second-order valence-electron chi connectivity index (χ2n) is 12.7. The molecule has 378 valence electrons. The summed E-state index contributed by atoms with van der Waals surface area (Å²) in [7, 11) is 0. The standard InChI is InChI=1S/C17H20N2O9.C14H19NO6S.C4H7ClO2S.C3H4Cl2O2.CH4S/c1-11(27-17(25)28-19-14(22)8-9-15(19)23)26-16(24)5-3-2-4-10-18-12(20)6-7-13(18)21;1-10(21-14(19)22-2)20-13(18)6-4-3-5-9-15-11(16)7-8-12(15)17;1-3(5)7-4(6)8-2;1-2(4)7-3(5)6;1-2/h6-7,11H,2-5,8-10H2,1H3;7-8,10H,3-6,9H2,1-2H3;3H,1-2H3;2H,1H3;2H,1H3. The molecule has 3 rings (SSSR count). The third-order valence-electron chi connectivity index (χ3n) is 7.46. The van der Waals surface area contributed by atoms with Crippen molar-refractivity contribution in [3.63, 3.8) is 0 Å². The Bertz CT molecular complexity index is 1720. The largest absolute Gasteiger partial charge is 0.537 e. The Morgan fingerprint density at radius 2 is 0.925 bits per heavy atom. The van der Waals surface area contributed by atoms with Crippen LogP contribution in [0.4, 0.5) is 19.2 Å². The van der Waals surface area contributed by atoms with Crippen LogP contribution in [0.2, 0.25) is 0 Å². The molecule has 0 bridgehead atoms. The highest BCUT2D eigenvalue weighted by Crippen LogP contribution is 2.15. The van der Waals surface area contributed by atoms with Gasteiger partial charge in [-0.3, -0.25) is 53.0 Å². The minimum absolute atomic E-state index is 0.0476. The Balaban J connectivity index is 0. The lowest BCUT2D eigenvalue weighted by Gasteiger charge is -2.16. The van der Waals surface area contributed by atoms with Crippen LogP contribution in [0.3, 0.4) is 0 Å². The average molecular weight is 1070 g/mol. The smallest absolute Gasteiger partial charge is 0.438 e. The van der Waals surface area contributed by atoms with Crippen LogP contribution in [-0.4, -0.2) is 140 Å². The number of nitrogens with zero attached hydrogens (tertiary/aromatic N) is 3. The van der Waals surface area contributed by atoms with E-state index < -0.39 is 64.3 Å². The first-order chi connectivity index (χ1) is 31.5. The van der Waals surface area contributed by atoms with Crippen molar-refractivity contribution in [3.8, 4) is 0 Å². The summed E-state index contributed by atoms with van der Waals surface area (Å²) in [5.74, 6) is -3.67. The number of esters is 2. The molecule has 0 spiro atoms. The third-order valence-corrected chi connectivity index (χ3v) is 8.59. The average Bonchev–Trinajstić information content (AvgIpc) is 3.86. The first-order valence-electron chi connectivity index (χ1n) is 19.8. The molecule has 0 aromatic carbocycles. The highest BCUT2D eigenvalue weighted by atomic mass is 35.5. The van der Waals surface area contributed by atoms with Crippen molar-refractivity contribution in [2.45, 2.75) is 116 Å². The zero-order chi connectivity index (χ0) is 51.6. The van der Waals surface area contributed by atoms with Crippen molar-refractivity contribution < 1.29 is 90.8 Å². The fourth-order valence-corrected chi connectivity index (χ4v) is 5.52. The quantitative estimate of drug-likeness (QED) is 0.0199. The van der Waals surface area contributed by atoms with Crippen molar-refractivity contribution in [1.82, 2.24) is 14.9 Å². The van der Waals surface area contributed by atoms with Crippen LogP contribution in [0.5, 0.6) is 0 Å². The SMILES string of the molecule is CC(Cl)OC(=O)Cl.CC(OC(=O)CCCCCN1C(=O)C=CC1=O)OC(=O)ON1C(=O)CCC1=O.CS.CSC(=O)OC(C)Cl.CSC(=O)OC(C)OC(=O)CCCCCN1C(=O)C=CC1=O. The molecule has 0 aliphatic carbocycles. The highest BCUT2D eigenvalue weighted by Gasteiger charge is 2.34. The number of hydrogen-bond acceptors (Lipinski definition) is 22. The van der Waals surface area contributed by atoms with E-state index in [1.165, 1.54) is 50.0 Å². The predicted molar refractivity (Wildman–Crippen MR) is 246 cm³/mol. The van der Waals surface area contributed by atoms with Gasteiger partial charge >= 0.3 is 34.1 Å². The Hall–Kier alpha value is -4.56. The summed E-state index contributed by atoms with van der Waals surface area (Å²) in [4.78, 5) is 140. The molecule has 0 aromatic heterocycles. The fourth-order valence-electron chi connectivity index (χ4n) is 4.65. The molecule has 3 aliphatic heterocycles. The first kappa shape index (κ1) is 64.5. The minimum Gasteiger partial charge on any atom is -0.438 e. The number of ether oxygens (including phenoxy) is 6. The van der Waals surface area contributed by atoms with Gasteiger partial charge in [-0.2, -0.15) is 12.6 Å². The molecule has 22 nitrogen and oxygen atoms in total. The lowest BCUT2D eigenvalue weighted by Crippen LogP contribution is -2.34. The molecule has 0 saturated carbocycles. The normalized spacial score (nSPS) is 15.2. The number of alkyl halides is 2. The third kappa shape index (κ3) is 31.9. The van der Waals surface area contributed by atoms with Crippen molar-refractivity contribution in [3.05, 3.63) is 24.3 Å². The summed E-state index contributed by atoms with van der Waals surface area (Å²) >= 11 is 20.6. The first-order valence-corrected chi connectivity index (χ1v) is 24.4. The van der Waals surface area contributed by atoms with Gasteiger partial charge in [0.2, 0.25) is 12.6 Å². The molecule has 28 heteroatoms. The van der Waals surface area contributed by atoms with Gasteiger partial charge in [0.15, 0.2) is 11.1 Å². The number of amides is 6. The van der Waals surface area contributed by atoms with Gasteiger partial charge < -0.3 is 28.4 Å². The van der Waals surface area contributed by atoms with Crippen molar-refractivity contribution in [2.24, 2.45) is 0 Å². The van der Waals surface area contributed by atoms with Crippen molar-refractivity contribution >= 4 is 141 Å². The predicted octanol–water partition coefficient (Wildman–Crippen LogP) is 7.00. The van der Waals surface area contributed by atoms with Crippen LogP contribution in [0.25, 0.3) is 0 Å². The number of unbranched alkanes of at least 4 members (excludes halogenated alkanes) is 4. The molecule has 3 heterocycles.